The van der Waals surface area contributed by atoms with Crippen LogP contribution in [0.1, 0.15) is 32.8 Å². The normalized spacial score (nSPS) is 13.0. The summed E-state index contributed by atoms with van der Waals surface area (Å²) in [4.78, 5) is 0. The lowest BCUT2D eigenvalue weighted by atomic mass is 10.0. The first kappa shape index (κ1) is 11.8. The monoisotopic (exact) mass is 200 g/mol. The van der Waals surface area contributed by atoms with Gasteiger partial charge in [0.15, 0.2) is 0 Å². The fourth-order valence-electron chi connectivity index (χ4n) is 1.53. The van der Waals surface area contributed by atoms with E-state index in [4.69, 9.17) is 0 Å². The van der Waals surface area contributed by atoms with Gasteiger partial charge < -0.3 is 0 Å². The van der Waals surface area contributed by atoms with Crippen LogP contribution in [0.2, 0.25) is 0 Å². The van der Waals surface area contributed by atoms with Gasteiger partial charge in [0.05, 0.1) is 0 Å². The summed E-state index contributed by atoms with van der Waals surface area (Å²) in [6.45, 7) is 6.43. The topological polar surface area (TPSA) is 0 Å². The maximum Gasteiger partial charge on any atom is -0.0241 e. The summed E-state index contributed by atoms with van der Waals surface area (Å²) in [7, 11) is 0. The molecule has 1 aromatic rings. The van der Waals surface area contributed by atoms with Crippen molar-refractivity contribution in [2.24, 2.45) is 0 Å². The molecule has 0 aliphatic carbocycles. The van der Waals surface area contributed by atoms with Gasteiger partial charge in [0, 0.05) is 0 Å². The molecule has 0 saturated carbocycles. The second-order valence-corrected chi connectivity index (χ2v) is 4.01. The number of hydrogen-bond acceptors (Lipinski definition) is 0. The molecule has 0 nitrogen and oxygen atoms in total. The van der Waals surface area contributed by atoms with E-state index >= 15 is 0 Å². The largest absolute Gasteiger partial charge is 0.0847 e. The molecule has 1 rings (SSSR count). The molecule has 0 heteroatoms. The summed E-state index contributed by atoms with van der Waals surface area (Å²) in [5, 5.41) is 0. The Bertz CT molecular complexity index is 342. The molecular formula is C15H20. The minimum absolute atomic E-state index is 1.14. The van der Waals surface area contributed by atoms with Crippen molar-refractivity contribution >= 4 is 0 Å². The van der Waals surface area contributed by atoms with Crippen LogP contribution >= 0.6 is 0 Å². The van der Waals surface area contributed by atoms with Crippen LogP contribution < -0.4 is 0 Å². The molecule has 0 amide bonds. The van der Waals surface area contributed by atoms with Crippen molar-refractivity contribution in [3.8, 4) is 0 Å². The van der Waals surface area contributed by atoms with Gasteiger partial charge in [-0.25, -0.2) is 0 Å². The second kappa shape index (κ2) is 6.23. The predicted octanol–water partition coefficient (Wildman–Crippen LogP) is 4.53. The lowest BCUT2D eigenvalue weighted by Crippen LogP contribution is -1.86. The van der Waals surface area contributed by atoms with Crippen molar-refractivity contribution in [2.45, 2.75) is 33.6 Å². The summed E-state index contributed by atoms with van der Waals surface area (Å²) in [6.07, 6.45) is 6.70. The summed E-state index contributed by atoms with van der Waals surface area (Å²) in [5.74, 6) is 0. The van der Waals surface area contributed by atoms with Gasteiger partial charge in [-0.05, 0) is 39.2 Å². The number of benzene rings is 1. The molecule has 15 heavy (non-hydrogen) atoms. The van der Waals surface area contributed by atoms with Crippen LogP contribution in [-0.4, -0.2) is 0 Å². The number of allylic oxidation sites excluding steroid dienone is 4. The summed E-state index contributed by atoms with van der Waals surface area (Å²) in [5.41, 5.74) is 4.22. The van der Waals surface area contributed by atoms with Crippen molar-refractivity contribution in [1.29, 1.82) is 0 Å². The molecule has 0 spiro atoms. The van der Waals surface area contributed by atoms with E-state index in [0.29, 0.717) is 0 Å². The van der Waals surface area contributed by atoms with Gasteiger partial charge in [0.1, 0.15) is 0 Å². The number of hydrogen-bond donors (Lipinski definition) is 0. The van der Waals surface area contributed by atoms with Crippen molar-refractivity contribution in [2.75, 3.05) is 0 Å². The zero-order valence-electron chi connectivity index (χ0n) is 9.96. The quantitative estimate of drug-likeness (QED) is 0.626. The van der Waals surface area contributed by atoms with Crippen LogP contribution in [0.3, 0.4) is 0 Å². The highest BCUT2D eigenvalue weighted by Gasteiger charge is 1.93. The van der Waals surface area contributed by atoms with Crippen LogP contribution in [0.25, 0.3) is 0 Å². The Balaban J connectivity index is 2.48. The number of rotatable bonds is 4. The Morgan fingerprint density at radius 1 is 1.13 bits per heavy atom. The third kappa shape index (κ3) is 4.64. The average molecular weight is 200 g/mol. The molecule has 0 unspecified atom stereocenters. The second-order valence-electron chi connectivity index (χ2n) is 4.01. The molecule has 0 aliphatic heterocycles. The maximum atomic E-state index is 2.27. The van der Waals surface area contributed by atoms with E-state index < -0.39 is 0 Å². The highest BCUT2D eigenvalue weighted by molar-refractivity contribution is 5.22. The van der Waals surface area contributed by atoms with E-state index in [1.807, 2.05) is 0 Å². The van der Waals surface area contributed by atoms with Crippen LogP contribution in [-0.2, 0) is 6.42 Å². The summed E-state index contributed by atoms with van der Waals surface area (Å²) < 4.78 is 0. The number of aryl methyl sites for hydroxylation is 1. The predicted molar refractivity (Wildman–Crippen MR) is 68.0 cm³/mol. The van der Waals surface area contributed by atoms with E-state index in [0.717, 1.165) is 12.8 Å². The van der Waals surface area contributed by atoms with Crippen molar-refractivity contribution < 1.29 is 0 Å². The van der Waals surface area contributed by atoms with Crippen LogP contribution in [0.4, 0.5) is 0 Å². The highest BCUT2D eigenvalue weighted by atomic mass is 14.0. The van der Waals surface area contributed by atoms with Gasteiger partial charge in [0.2, 0.25) is 0 Å². The van der Waals surface area contributed by atoms with Crippen LogP contribution in [0.15, 0.2) is 53.6 Å². The lowest BCUT2D eigenvalue weighted by molar-refractivity contribution is 0.939. The minimum atomic E-state index is 1.14. The third-order valence-electron chi connectivity index (χ3n) is 2.58. The highest BCUT2D eigenvalue weighted by Crippen LogP contribution is 2.10. The third-order valence-corrected chi connectivity index (χ3v) is 2.58. The average Bonchev–Trinajstić information content (AvgIpc) is 2.27. The zero-order chi connectivity index (χ0) is 11.1. The van der Waals surface area contributed by atoms with Crippen LogP contribution in [0, 0.1) is 0 Å². The minimum Gasteiger partial charge on any atom is -0.0847 e. The molecule has 0 aromatic heterocycles. The smallest absolute Gasteiger partial charge is 0.0241 e. The van der Waals surface area contributed by atoms with Gasteiger partial charge in [-0.3, -0.25) is 0 Å². The molecule has 0 bridgehead atoms. The molecule has 0 N–H and O–H groups in total. The van der Waals surface area contributed by atoms with E-state index in [9.17, 15) is 0 Å². The maximum absolute atomic E-state index is 2.27. The Morgan fingerprint density at radius 2 is 1.80 bits per heavy atom. The van der Waals surface area contributed by atoms with Gasteiger partial charge in [-0.1, -0.05) is 53.6 Å². The first-order valence-electron chi connectivity index (χ1n) is 5.56. The molecule has 0 heterocycles. The zero-order valence-corrected chi connectivity index (χ0v) is 9.96. The fourth-order valence-corrected chi connectivity index (χ4v) is 1.53. The molecule has 0 saturated heterocycles. The Kier molecular flexibility index (Phi) is 4.89. The first-order valence-corrected chi connectivity index (χ1v) is 5.56. The van der Waals surface area contributed by atoms with E-state index in [1.165, 1.54) is 16.7 Å². The molecular weight excluding hydrogens is 180 g/mol. The van der Waals surface area contributed by atoms with Crippen molar-refractivity contribution in [3.63, 3.8) is 0 Å². The SMILES string of the molecule is C/C=C(C)\C=C(\C)CCc1ccccc1. The van der Waals surface area contributed by atoms with Gasteiger partial charge in [0.25, 0.3) is 0 Å². The molecule has 80 valence electrons. The standard InChI is InChI=1S/C15H20/c1-4-13(2)12-14(3)10-11-15-8-6-5-7-9-15/h4-9,12H,10-11H2,1-3H3/b13-4-,14-12-. The fraction of sp³-hybridized carbons (Fsp3) is 0.333. The van der Waals surface area contributed by atoms with Crippen molar-refractivity contribution in [3.05, 3.63) is 59.2 Å². The molecule has 1 aromatic carbocycles. The molecule has 0 aliphatic rings. The Morgan fingerprint density at radius 3 is 2.40 bits per heavy atom. The van der Waals surface area contributed by atoms with Gasteiger partial charge in [-0.15, -0.1) is 0 Å². The Hall–Kier alpha value is -1.30. The molecule has 0 atom stereocenters. The van der Waals surface area contributed by atoms with Crippen molar-refractivity contribution in [1.82, 2.24) is 0 Å². The lowest BCUT2D eigenvalue weighted by Gasteiger charge is -2.02. The van der Waals surface area contributed by atoms with E-state index in [2.05, 4.69) is 63.3 Å². The van der Waals surface area contributed by atoms with Gasteiger partial charge >= 0.3 is 0 Å². The summed E-state index contributed by atoms with van der Waals surface area (Å²) in [6, 6.07) is 10.7. The summed E-state index contributed by atoms with van der Waals surface area (Å²) >= 11 is 0. The van der Waals surface area contributed by atoms with Gasteiger partial charge in [-0.2, -0.15) is 0 Å². The molecule has 0 fully saturated rings. The van der Waals surface area contributed by atoms with E-state index in [-0.39, 0.29) is 0 Å². The Labute approximate surface area is 93.3 Å². The molecule has 0 radical (unpaired) electrons. The first-order chi connectivity index (χ1) is 7.22. The van der Waals surface area contributed by atoms with E-state index in [1.54, 1.807) is 0 Å². The van der Waals surface area contributed by atoms with Crippen LogP contribution in [0.5, 0.6) is 0 Å².